The Morgan fingerprint density at radius 1 is 1.30 bits per heavy atom. The van der Waals surface area contributed by atoms with Gasteiger partial charge in [-0.2, -0.15) is 0 Å². The lowest BCUT2D eigenvalue weighted by Crippen LogP contribution is -2.47. The van der Waals surface area contributed by atoms with E-state index in [4.69, 9.17) is 16.3 Å². The first-order valence-corrected chi connectivity index (χ1v) is 7.99. The maximum atomic E-state index is 10.9. The average Bonchev–Trinajstić information content (AvgIpc) is 2.44. The fourth-order valence-electron chi connectivity index (χ4n) is 4.12. The van der Waals surface area contributed by atoms with E-state index in [1.807, 2.05) is 6.07 Å². The summed E-state index contributed by atoms with van der Waals surface area (Å²) < 4.78 is 5.37. The average molecular weight is 295 g/mol. The van der Waals surface area contributed by atoms with Crippen LogP contribution in [0.3, 0.4) is 0 Å². The zero-order valence-corrected chi connectivity index (χ0v) is 13.0. The number of rotatable bonds is 1. The third-order valence-corrected chi connectivity index (χ3v) is 5.69. The van der Waals surface area contributed by atoms with Gasteiger partial charge in [0.15, 0.2) is 0 Å². The second-order valence-electron chi connectivity index (χ2n) is 6.56. The van der Waals surface area contributed by atoms with Gasteiger partial charge in [0.05, 0.1) is 13.2 Å². The SMILES string of the molecule is COc1cc(Cl)c2c(c1)C1(C)CCCCCC(C2)C1O. The molecule has 3 heteroatoms. The van der Waals surface area contributed by atoms with E-state index in [0.29, 0.717) is 5.92 Å². The van der Waals surface area contributed by atoms with Crippen molar-refractivity contribution in [2.24, 2.45) is 5.92 Å². The summed E-state index contributed by atoms with van der Waals surface area (Å²) in [6, 6.07) is 3.99. The van der Waals surface area contributed by atoms with Gasteiger partial charge in [-0.25, -0.2) is 0 Å². The molecule has 0 spiro atoms. The number of benzene rings is 1. The van der Waals surface area contributed by atoms with Gasteiger partial charge < -0.3 is 9.84 Å². The molecule has 1 aromatic rings. The van der Waals surface area contributed by atoms with Crippen LogP contribution in [0.1, 0.15) is 50.2 Å². The van der Waals surface area contributed by atoms with E-state index < -0.39 is 0 Å². The molecule has 1 saturated carbocycles. The Kier molecular flexibility index (Phi) is 3.72. The van der Waals surface area contributed by atoms with Crippen LogP contribution in [-0.4, -0.2) is 18.3 Å². The highest BCUT2D eigenvalue weighted by Crippen LogP contribution is 2.49. The molecule has 0 saturated heterocycles. The van der Waals surface area contributed by atoms with Crippen molar-refractivity contribution in [2.45, 2.75) is 57.0 Å². The lowest BCUT2D eigenvalue weighted by atomic mass is 9.61. The highest BCUT2D eigenvalue weighted by molar-refractivity contribution is 6.31. The number of ether oxygens (including phenoxy) is 1. The zero-order chi connectivity index (χ0) is 14.3. The number of fused-ring (bicyclic) bond motifs is 4. The molecule has 2 nitrogen and oxygen atoms in total. The van der Waals surface area contributed by atoms with Gasteiger partial charge in [-0.1, -0.05) is 37.8 Å². The molecule has 3 atom stereocenters. The molecule has 20 heavy (non-hydrogen) atoms. The van der Waals surface area contributed by atoms with Crippen molar-refractivity contribution < 1.29 is 9.84 Å². The molecule has 110 valence electrons. The highest BCUT2D eigenvalue weighted by Gasteiger charge is 2.45. The predicted octanol–water partition coefficient (Wildman–Crippen LogP) is 4.10. The predicted molar refractivity (Wildman–Crippen MR) is 81.6 cm³/mol. The highest BCUT2D eigenvalue weighted by atomic mass is 35.5. The third kappa shape index (κ3) is 2.14. The zero-order valence-electron chi connectivity index (χ0n) is 12.3. The van der Waals surface area contributed by atoms with Crippen LogP contribution >= 0.6 is 11.6 Å². The molecule has 0 radical (unpaired) electrons. The first-order valence-electron chi connectivity index (χ1n) is 7.61. The van der Waals surface area contributed by atoms with Crippen molar-refractivity contribution in [3.63, 3.8) is 0 Å². The number of aliphatic hydroxyl groups excluding tert-OH is 1. The van der Waals surface area contributed by atoms with Gasteiger partial charge in [0, 0.05) is 10.4 Å². The Morgan fingerprint density at radius 3 is 2.85 bits per heavy atom. The van der Waals surface area contributed by atoms with Gasteiger partial charge >= 0.3 is 0 Å². The minimum Gasteiger partial charge on any atom is -0.497 e. The molecule has 0 aliphatic heterocycles. The van der Waals surface area contributed by atoms with Crippen LogP contribution in [0.15, 0.2) is 12.1 Å². The first kappa shape index (κ1) is 14.2. The Bertz CT molecular complexity index is 514. The molecular formula is C17H23ClO2. The van der Waals surface area contributed by atoms with E-state index in [1.165, 1.54) is 30.4 Å². The van der Waals surface area contributed by atoms with Crippen LogP contribution in [0.2, 0.25) is 5.02 Å². The third-order valence-electron chi connectivity index (χ3n) is 5.36. The number of hydrogen-bond acceptors (Lipinski definition) is 2. The fourth-order valence-corrected chi connectivity index (χ4v) is 4.40. The molecule has 3 rings (SSSR count). The lowest BCUT2D eigenvalue weighted by molar-refractivity contribution is 0.00886. The van der Waals surface area contributed by atoms with E-state index in [-0.39, 0.29) is 11.5 Å². The minimum absolute atomic E-state index is 0.184. The molecule has 0 heterocycles. The Balaban J connectivity index is 2.15. The Hall–Kier alpha value is -0.730. The Labute approximate surface area is 126 Å². The molecule has 2 aliphatic carbocycles. The van der Waals surface area contributed by atoms with Crippen LogP contribution in [0.5, 0.6) is 5.75 Å². The number of aliphatic hydroxyl groups is 1. The summed E-state index contributed by atoms with van der Waals surface area (Å²) in [6.07, 6.45) is 6.44. The van der Waals surface area contributed by atoms with Gasteiger partial charge in [0.1, 0.15) is 5.75 Å². The second kappa shape index (κ2) is 5.23. The molecule has 0 amide bonds. The van der Waals surface area contributed by atoms with Gasteiger partial charge in [0.2, 0.25) is 0 Å². The van der Waals surface area contributed by atoms with Gasteiger partial charge in [-0.05, 0) is 48.4 Å². The van der Waals surface area contributed by atoms with E-state index in [2.05, 4.69) is 13.0 Å². The Morgan fingerprint density at radius 2 is 2.10 bits per heavy atom. The topological polar surface area (TPSA) is 29.5 Å². The van der Waals surface area contributed by atoms with Crippen molar-refractivity contribution in [2.75, 3.05) is 7.11 Å². The summed E-state index contributed by atoms with van der Waals surface area (Å²) >= 11 is 6.48. The summed E-state index contributed by atoms with van der Waals surface area (Å²) in [6.45, 7) is 2.20. The maximum Gasteiger partial charge on any atom is 0.120 e. The minimum atomic E-state index is -0.265. The van der Waals surface area contributed by atoms with Crippen LogP contribution in [-0.2, 0) is 11.8 Å². The van der Waals surface area contributed by atoms with Gasteiger partial charge in [-0.15, -0.1) is 0 Å². The molecule has 1 fully saturated rings. The van der Waals surface area contributed by atoms with Gasteiger partial charge in [-0.3, -0.25) is 0 Å². The summed E-state index contributed by atoms with van der Waals surface area (Å²) in [4.78, 5) is 0. The monoisotopic (exact) mass is 294 g/mol. The lowest BCUT2D eigenvalue weighted by Gasteiger charge is -2.46. The number of hydrogen-bond donors (Lipinski definition) is 1. The number of halogens is 1. The van der Waals surface area contributed by atoms with E-state index in [9.17, 15) is 5.11 Å². The van der Waals surface area contributed by atoms with Crippen molar-refractivity contribution in [1.82, 2.24) is 0 Å². The summed E-state index contributed by atoms with van der Waals surface area (Å²) in [5.74, 6) is 1.14. The molecule has 1 N–H and O–H groups in total. The van der Waals surface area contributed by atoms with Crippen LogP contribution in [0.4, 0.5) is 0 Å². The normalized spacial score (nSPS) is 33.0. The van der Waals surface area contributed by atoms with Gasteiger partial charge in [0.25, 0.3) is 0 Å². The maximum absolute atomic E-state index is 10.9. The summed E-state index contributed by atoms with van der Waals surface area (Å²) in [7, 11) is 1.67. The first-order chi connectivity index (χ1) is 9.56. The number of methoxy groups -OCH3 is 1. The van der Waals surface area contributed by atoms with Crippen LogP contribution < -0.4 is 4.74 Å². The van der Waals surface area contributed by atoms with Crippen molar-refractivity contribution in [3.05, 3.63) is 28.3 Å². The second-order valence-corrected chi connectivity index (χ2v) is 6.97. The van der Waals surface area contributed by atoms with Crippen molar-refractivity contribution in [1.29, 1.82) is 0 Å². The largest absolute Gasteiger partial charge is 0.497 e. The molecule has 0 aromatic heterocycles. The van der Waals surface area contributed by atoms with E-state index in [0.717, 1.165) is 30.0 Å². The smallest absolute Gasteiger partial charge is 0.120 e. The van der Waals surface area contributed by atoms with E-state index >= 15 is 0 Å². The molecule has 2 bridgehead atoms. The molecule has 1 aromatic carbocycles. The van der Waals surface area contributed by atoms with Crippen molar-refractivity contribution >= 4 is 11.6 Å². The van der Waals surface area contributed by atoms with Crippen LogP contribution in [0, 0.1) is 5.92 Å². The van der Waals surface area contributed by atoms with E-state index in [1.54, 1.807) is 7.11 Å². The van der Waals surface area contributed by atoms with Crippen molar-refractivity contribution in [3.8, 4) is 5.75 Å². The molecule has 3 unspecified atom stereocenters. The summed E-state index contributed by atoms with van der Waals surface area (Å²) in [5.41, 5.74) is 2.25. The van der Waals surface area contributed by atoms with Crippen LogP contribution in [0.25, 0.3) is 0 Å². The molecule has 2 aliphatic rings. The molecular weight excluding hydrogens is 272 g/mol. The standard InChI is InChI=1S/C17H23ClO2/c1-17-7-5-3-4-6-11(16(17)19)8-13-14(17)9-12(20-2)10-15(13)18/h9-11,16,19H,3-8H2,1-2H3. The summed E-state index contributed by atoms with van der Waals surface area (Å²) in [5, 5.41) is 11.7. The quantitative estimate of drug-likeness (QED) is 0.845. The fraction of sp³-hybridized carbons (Fsp3) is 0.647.